The first-order valence-corrected chi connectivity index (χ1v) is 6.50. The molecule has 1 N–H and O–H groups in total. The lowest BCUT2D eigenvalue weighted by Crippen LogP contribution is -2.39. The maximum atomic E-state index is 11.5. The largest absolute Gasteiger partial charge is 0.468 e. The van der Waals surface area contributed by atoms with Crippen LogP contribution in [-0.2, 0) is 14.3 Å². The highest BCUT2D eigenvalue weighted by Crippen LogP contribution is 2.02. The van der Waals surface area contributed by atoms with Crippen molar-refractivity contribution < 1.29 is 14.3 Å². The van der Waals surface area contributed by atoms with Crippen molar-refractivity contribution in [2.75, 3.05) is 26.9 Å². The number of hydrogen-bond acceptors (Lipinski definition) is 4. The molecule has 0 aliphatic heterocycles. The molecule has 4 heteroatoms. The monoisotopic (exact) mass is 245 g/mol. The molecular weight excluding hydrogens is 218 g/mol. The van der Waals surface area contributed by atoms with Gasteiger partial charge in [0.1, 0.15) is 6.04 Å². The number of methoxy groups -OCH3 is 1. The van der Waals surface area contributed by atoms with Gasteiger partial charge in [-0.3, -0.25) is 4.79 Å². The number of unbranched alkanes of at least 4 members (excludes halogenated alkanes) is 1. The van der Waals surface area contributed by atoms with Crippen molar-refractivity contribution in [1.82, 2.24) is 5.32 Å². The molecule has 0 amide bonds. The van der Waals surface area contributed by atoms with Crippen molar-refractivity contribution in [2.24, 2.45) is 5.92 Å². The molecule has 0 aromatic rings. The molecule has 0 spiro atoms. The minimum Gasteiger partial charge on any atom is -0.468 e. The van der Waals surface area contributed by atoms with E-state index in [1.807, 2.05) is 0 Å². The Balaban J connectivity index is 3.71. The number of ether oxygens (including phenoxy) is 2. The van der Waals surface area contributed by atoms with Crippen LogP contribution < -0.4 is 5.32 Å². The first-order chi connectivity index (χ1) is 8.11. The van der Waals surface area contributed by atoms with E-state index < -0.39 is 0 Å². The molecule has 0 aliphatic rings. The summed E-state index contributed by atoms with van der Waals surface area (Å²) < 4.78 is 10.2. The van der Waals surface area contributed by atoms with Crippen LogP contribution in [0.3, 0.4) is 0 Å². The molecular formula is C13H27NO3. The van der Waals surface area contributed by atoms with E-state index in [2.05, 4.69) is 26.1 Å². The molecule has 1 atom stereocenters. The van der Waals surface area contributed by atoms with Crippen LogP contribution in [0.4, 0.5) is 0 Å². The first kappa shape index (κ1) is 16.4. The maximum absolute atomic E-state index is 11.5. The zero-order chi connectivity index (χ0) is 13.1. The number of rotatable bonds is 10. The van der Waals surface area contributed by atoms with Crippen LogP contribution in [0.15, 0.2) is 0 Å². The highest BCUT2D eigenvalue weighted by molar-refractivity contribution is 5.75. The zero-order valence-corrected chi connectivity index (χ0v) is 11.6. The number of esters is 1. The predicted octanol–water partition coefficient (Wildman–Crippen LogP) is 1.98. The van der Waals surface area contributed by atoms with Crippen molar-refractivity contribution in [2.45, 2.75) is 46.1 Å². The van der Waals surface area contributed by atoms with Crippen LogP contribution >= 0.6 is 0 Å². The van der Waals surface area contributed by atoms with Crippen LogP contribution in [0.25, 0.3) is 0 Å². The number of carbonyl (C=O) groups excluding carboxylic acids is 1. The molecule has 0 aromatic heterocycles. The molecule has 0 fully saturated rings. The average molecular weight is 245 g/mol. The number of carbonyl (C=O) groups is 1. The van der Waals surface area contributed by atoms with Gasteiger partial charge in [0.2, 0.25) is 0 Å². The van der Waals surface area contributed by atoms with Crippen LogP contribution in [0, 0.1) is 5.92 Å². The van der Waals surface area contributed by atoms with Crippen molar-refractivity contribution in [1.29, 1.82) is 0 Å². The summed E-state index contributed by atoms with van der Waals surface area (Å²) in [6.45, 7) is 8.44. The Morgan fingerprint density at radius 3 is 2.59 bits per heavy atom. The molecule has 1 unspecified atom stereocenters. The Kier molecular flexibility index (Phi) is 10.2. The smallest absolute Gasteiger partial charge is 0.322 e. The topological polar surface area (TPSA) is 47.6 Å². The van der Waals surface area contributed by atoms with Gasteiger partial charge in [-0.1, -0.05) is 33.6 Å². The zero-order valence-electron chi connectivity index (χ0n) is 11.6. The van der Waals surface area contributed by atoms with E-state index in [-0.39, 0.29) is 12.0 Å². The second-order valence-corrected chi connectivity index (χ2v) is 4.64. The van der Waals surface area contributed by atoms with Crippen LogP contribution in [0.2, 0.25) is 0 Å². The highest BCUT2D eigenvalue weighted by atomic mass is 16.5. The van der Waals surface area contributed by atoms with Crippen molar-refractivity contribution in [3.63, 3.8) is 0 Å². The summed E-state index contributed by atoms with van der Waals surface area (Å²) >= 11 is 0. The molecule has 0 aliphatic carbocycles. The fraction of sp³-hybridized carbons (Fsp3) is 0.923. The molecule has 17 heavy (non-hydrogen) atoms. The van der Waals surface area contributed by atoms with Crippen LogP contribution in [0.5, 0.6) is 0 Å². The van der Waals surface area contributed by atoms with E-state index in [4.69, 9.17) is 9.47 Å². The van der Waals surface area contributed by atoms with Crippen molar-refractivity contribution >= 4 is 5.97 Å². The third-order valence-electron chi connectivity index (χ3n) is 2.42. The minimum absolute atomic E-state index is 0.178. The van der Waals surface area contributed by atoms with Gasteiger partial charge in [0.05, 0.1) is 13.7 Å². The Morgan fingerprint density at radius 1 is 1.35 bits per heavy atom. The summed E-state index contributed by atoms with van der Waals surface area (Å²) in [7, 11) is 1.43. The summed E-state index contributed by atoms with van der Waals surface area (Å²) in [6, 6.07) is -0.192. The van der Waals surface area contributed by atoms with E-state index in [9.17, 15) is 4.79 Å². The van der Waals surface area contributed by atoms with E-state index in [0.717, 1.165) is 25.9 Å². The standard InChI is InChI=1S/C13H27NO3/c1-5-6-7-12(13(15)16-4)14-8-9-17-10-11(2)3/h11-12,14H,5-10H2,1-4H3. The predicted molar refractivity (Wildman–Crippen MR) is 69.0 cm³/mol. The van der Waals surface area contributed by atoms with Gasteiger partial charge < -0.3 is 14.8 Å². The lowest BCUT2D eigenvalue weighted by Gasteiger charge is -2.16. The molecule has 0 saturated heterocycles. The molecule has 4 nitrogen and oxygen atoms in total. The second kappa shape index (κ2) is 10.5. The highest BCUT2D eigenvalue weighted by Gasteiger charge is 2.17. The Morgan fingerprint density at radius 2 is 2.06 bits per heavy atom. The van der Waals surface area contributed by atoms with Gasteiger partial charge in [0, 0.05) is 13.2 Å². The Labute approximate surface area is 105 Å². The quantitative estimate of drug-likeness (QED) is 0.472. The van der Waals surface area contributed by atoms with Gasteiger partial charge in [0.15, 0.2) is 0 Å². The summed E-state index contributed by atoms with van der Waals surface area (Å²) in [5.41, 5.74) is 0. The summed E-state index contributed by atoms with van der Waals surface area (Å²) in [5, 5.41) is 3.18. The lowest BCUT2D eigenvalue weighted by atomic mass is 10.1. The van der Waals surface area contributed by atoms with Crippen LogP contribution in [-0.4, -0.2) is 38.9 Å². The molecule has 0 saturated carbocycles. The summed E-state index contributed by atoms with van der Waals surface area (Å²) in [4.78, 5) is 11.5. The van der Waals surface area contributed by atoms with Crippen molar-refractivity contribution in [3.8, 4) is 0 Å². The van der Waals surface area contributed by atoms with E-state index in [1.54, 1.807) is 0 Å². The summed E-state index contributed by atoms with van der Waals surface area (Å²) in [5.74, 6) is 0.369. The van der Waals surface area contributed by atoms with Crippen molar-refractivity contribution in [3.05, 3.63) is 0 Å². The molecule has 0 aromatic carbocycles. The third kappa shape index (κ3) is 9.12. The normalized spacial score (nSPS) is 12.8. The van der Waals surface area contributed by atoms with Gasteiger partial charge in [-0.25, -0.2) is 0 Å². The van der Waals surface area contributed by atoms with Gasteiger partial charge >= 0.3 is 5.97 Å². The maximum Gasteiger partial charge on any atom is 0.322 e. The number of hydrogen-bond donors (Lipinski definition) is 1. The van der Waals surface area contributed by atoms with Gasteiger partial charge in [-0.15, -0.1) is 0 Å². The third-order valence-corrected chi connectivity index (χ3v) is 2.42. The molecule has 0 radical (unpaired) electrons. The fourth-order valence-corrected chi connectivity index (χ4v) is 1.48. The Bertz CT molecular complexity index is 195. The molecule has 0 bridgehead atoms. The van der Waals surface area contributed by atoms with Gasteiger partial charge in [-0.05, 0) is 12.3 Å². The fourth-order valence-electron chi connectivity index (χ4n) is 1.48. The molecule has 0 heterocycles. The summed E-state index contributed by atoms with van der Waals surface area (Å²) in [6.07, 6.45) is 2.94. The minimum atomic E-state index is -0.192. The molecule has 0 rings (SSSR count). The average Bonchev–Trinajstić information content (AvgIpc) is 2.31. The van der Waals surface area contributed by atoms with Gasteiger partial charge in [-0.2, -0.15) is 0 Å². The van der Waals surface area contributed by atoms with E-state index in [1.165, 1.54) is 7.11 Å². The number of nitrogens with one attached hydrogen (secondary N) is 1. The van der Waals surface area contributed by atoms with Crippen LogP contribution in [0.1, 0.15) is 40.0 Å². The lowest BCUT2D eigenvalue weighted by molar-refractivity contribution is -0.143. The van der Waals surface area contributed by atoms with E-state index in [0.29, 0.717) is 19.1 Å². The molecule has 102 valence electrons. The van der Waals surface area contributed by atoms with E-state index >= 15 is 0 Å². The Hall–Kier alpha value is -0.610. The SMILES string of the molecule is CCCCC(NCCOCC(C)C)C(=O)OC. The second-order valence-electron chi connectivity index (χ2n) is 4.64. The van der Waals surface area contributed by atoms with Gasteiger partial charge in [0.25, 0.3) is 0 Å². The first-order valence-electron chi connectivity index (χ1n) is 6.50.